The average Bonchev–Trinajstić information content (AvgIpc) is 2.36. The molecule has 0 aliphatic heterocycles. The molecule has 0 heterocycles. The zero-order chi connectivity index (χ0) is 12.4. The number of carbonyl (C=O) groups is 1. The van der Waals surface area contributed by atoms with Crippen molar-refractivity contribution in [2.45, 2.75) is 0 Å². The summed E-state index contributed by atoms with van der Waals surface area (Å²) in [6.07, 6.45) is 0. The zero-order valence-electron chi connectivity index (χ0n) is 10.2. The van der Waals surface area contributed by atoms with Crippen molar-refractivity contribution in [3.05, 3.63) is 42.0 Å². The molecule has 0 saturated heterocycles. The Morgan fingerprint density at radius 3 is 2.47 bits per heavy atom. The Kier molecular flexibility index (Phi) is 3.00. The quantitative estimate of drug-likeness (QED) is 0.792. The molecule has 2 rings (SSSR count). The maximum atomic E-state index is 12.0. The lowest BCUT2D eigenvalue weighted by molar-refractivity contribution is 0.0824. The highest BCUT2D eigenvalue weighted by Crippen LogP contribution is 2.30. The van der Waals surface area contributed by atoms with Crippen LogP contribution >= 0.6 is 0 Å². The van der Waals surface area contributed by atoms with Crippen molar-refractivity contribution in [3.63, 3.8) is 0 Å². The second-order valence-electron chi connectivity index (χ2n) is 4.07. The van der Waals surface area contributed by atoms with Gasteiger partial charge in [0, 0.05) is 19.5 Å². The van der Waals surface area contributed by atoms with Crippen LogP contribution in [-0.4, -0.2) is 32.0 Å². The lowest BCUT2D eigenvalue weighted by Crippen LogP contribution is -2.22. The van der Waals surface area contributed by atoms with Gasteiger partial charge in [0.05, 0.1) is 12.7 Å². The first-order valence-electron chi connectivity index (χ1n) is 5.42. The predicted molar refractivity (Wildman–Crippen MR) is 68.5 cm³/mol. The van der Waals surface area contributed by atoms with Gasteiger partial charge in [-0.05, 0) is 11.5 Å². The van der Waals surface area contributed by atoms with Crippen molar-refractivity contribution in [2.24, 2.45) is 0 Å². The Balaban J connectivity index is 2.69. The summed E-state index contributed by atoms with van der Waals surface area (Å²) in [6.45, 7) is 0. The molecule has 0 radical (unpaired) electrons. The van der Waals surface area contributed by atoms with E-state index in [1.807, 2.05) is 36.4 Å². The van der Waals surface area contributed by atoms with Gasteiger partial charge in [-0.2, -0.15) is 0 Å². The first-order chi connectivity index (χ1) is 8.15. The second kappa shape index (κ2) is 4.45. The summed E-state index contributed by atoms with van der Waals surface area (Å²) in [5.74, 6) is 0.592. The molecule has 0 spiro atoms. The van der Waals surface area contributed by atoms with Crippen LogP contribution in [0.15, 0.2) is 36.4 Å². The van der Waals surface area contributed by atoms with Gasteiger partial charge in [0.1, 0.15) is 5.75 Å². The molecule has 0 aromatic heterocycles. The fourth-order valence-electron chi connectivity index (χ4n) is 1.87. The molecule has 0 saturated carbocycles. The van der Waals surface area contributed by atoms with Crippen molar-refractivity contribution in [1.29, 1.82) is 0 Å². The largest absolute Gasteiger partial charge is 0.495 e. The van der Waals surface area contributed by atoms with Crippen LogP contribution in [-0.2, 0) is 0 Å². The Morgan fingerprint density at radius 2 is 1.82 bits per heavy atom. The van der Waals surface area contributed by atoms with Gasteiger partial charge in [-0.1, -0.05) is 30.3 Å². The molecule has 0 N–H and O–H groups in total. The fourth-order valence-corrected chi connectivity index (χ4v) is 1.87. The maximum absolute atomic E-state index is 12.0. The summed E-state index contributed by atoms with van der Waals surface area (Å²) >= 11 is 0. The molecular weight excluding hydrogens is 214 g/mol. The van der Waals surface area contributed by atoms with Crippen LogP contribution in [0.25, 0.3) is 10.8 Å². The molecule has 0 bridgehead atoms. The van der Waals surface area contributed by atoms with Gasteiger partial charge in [0.25, 0.3) is 5.91 Å². The number of ether oxygens (including phenoxy) is 1. The number of methoxy groups -OCH3 is 1. The minimum Gasteiger partial charge on any atom is -0.495 e. The van der Waals surface area contributed by atoms with Gasteiger partial charge < -0.3 is 9.64 Å². The molecule has 17 heavy (non-hydrogen) atoms. The average molecular weight is 229 g/mol. The van der Waals surface area contributed by atoms with Gasteiger partial charge in [-0.25, -0.2) is 0 Å². The van der Waals surface area contributed by atoms with E-state index in [9.17, 15) is 4.79 Å². The minimum absolute atomic E-state index is 0.0485. The van der Waals surface area contributed by atoms with Crippen LogP contribution in [0, 0.1) is 0 Å². The van der Waals surface area contributed by atoms with E-state index in [0.717, 1.165) is 10.8 Å². The van der Waals surface area contributed by atoms with Crippen LogP contribution in [0.3, 0.4) is 0 Å². The van der Waals surface area contributed by atoms with Gasteiger partial charge in [-0.15, -0.1) is 0 Å². The third-order valence-corrected chi connectivity index (χ3v) is 2.72. The fraction of sp³-hybridized carbons (Fsp3) is 0.214. The van der Waals surface area contributed by atoms with E-state index in [1.165, 1.54) is 0 Å². The van der Waals surface area contributed by atoms with Gasteiger partial charge >= 0.3 is 0 Å². The lowest BCUT2D eigenvalue weighted by Gasteiger charge is -2.15. The number of nitrogens with zero attached hydrogens (tertiary/aromatic N) is 1. The van der Waals surface area contributed by atoms with Crippen molar-refractivity contribution < 1.29 is 9.53 Å². The Morgan fingerprint density at radius 1 is 1.12 bits per heavy atom. The highest BCUT2D eigenvalue weighted by Gasteiger charge is 2.16. The molecule has 0 aliphatic rings. The Labute approximate surface area is 101 Å². The van der Waals surface area contributed by atoms with Gasteiger partial charge in [0.15, 0.2) is 0 Å². The molecule has 2 aromatic rings. The molecule has 0 fully saturated rings. The summed E-state index contributed by atoms with van der Waals surface area (Å²) in [5.41, 5.74) is 0.594. The topological polar surface area (TPSA) is 29.5 Å². The molecule has 0 aliphatic carbocycles. The first-order valence-corrected chi connectivity index (χ1v) is 5.42. The van der Waals surface area contributed by atoms with E-state index in [0.29, 0.717) is 11.3 Å². The predicted octanol–water partition coefficient (Wildman–Crippen LogP) is 2.55. The van der Waals surface area contributed by atoms with E-state index in [4.69, 9.17) is 4.74 Å². The molecular formula is C14H15NO2. The summed E-state index contributed by atoms with van der Waals surface area (Å²) in [6, 6.07) is 11.6. The van der Waals surface area contributed by atoms with Crippen molar-refractivity contribution in [2.75, 3.05) is 21.2 Å². The van der Waals surface area contributed by atoms with E-state index in [2.05, 4.69) is 0 Å². The van der Waals surface area contributed by atoms with Crippen LogP contribution in [0.1, 0.15) is 10.4 Å². The minimum atomic E-state index is -0.0485. The highest BCUT2D eigenvalue weighted by molar-refractivity contribution is 6.03. The van der Waals surface area contributed by atoms with Crippen LogP contribution in [0.5, 0.6) is 5.75 Å². The van der Waals surface area contributed by atoms with Crippen molar-refractivity contribution in [1.82, 2.24) is 4.90 Å². The molecule has 88 valence electrons. The maximum Gasteiger partial charge on any atom is 0.257 e. The van der Waals surface area contributed by atoms with E-state index in [-0.39, 0.29) is 5.91 Å². The Hall–Kier alpha value is -2.03. The van der Waals surface area contributed by atoms with Crippen LogP contribution in [0.4, 0.5) is 0 Å². The molecule has 2 aromatic carbocycles. The lowest BCUT2D eigenvalue weighted by atomic mass is 10.0. The third-order valence-electron chi connectivity index (χ3n) is 2.72. The van der Waals surface area contributed by atoms with Gasteiger partial charge in [0.2, 0.25) is 0 Å². The summed E-state index contributed by atoms with van der Waals surface area (Å²) in [4.78, 5) is 13.6. The number of carbonyl (C=O) groups excluding carboxylic acids is 1. The van der Waals surface area contributed by atoms with Crippen molar-refractivity contribution in [3.8, 4) is 5.75 Å². The number of benzene rings is 2. The zero-order valence-corrected chi connectivity index (χ0v) is 10.2. The van der Waals surface area contributed by atoms with Crippen LogP contribution in [0.2, 0.25) is 0 Å². The summed E-state index contributed by atoms with van der Waals surface area (Å²) in [5, 5.41) is 2.03. The normalized spacial score (nSPS) is 10.3. The van der Waals surface area contributed by atoms with E-state index < -0.39 is 0 Å². The number of hydrogen-bond donors (Lipinski definition) is 0. The molecule has 1 amide bonds. The van der Waals surface area contributed by atoms with Gasteiger partial charge in [-0.3, -0.25) is 4.79 Å². The number of fused-ring (bicyclic) bond motifs is 1. The molecule has 0 unspecified atom stereocenters. The summed E-state index contributed by atoms with van der Waals surface area (Å²) in [7, 11) is 5.06. The molecule has 3 nitrogen and oxygen atoms in total. The monoisotopic (exact) mass is 229 g/mol. The standard InChI is InChI=1S/C14H15NO2/c1-15(2)14(16)12-9-8-10-6-4-5-7-11(10)13(12)17-3/h4-9H,1-3H3. The third kappa shape index (κ3) is 1.96. The SMILES string of the molecule is COc1c(C(=O)N(C)C)ccc2ccccc12. The molecule has 3 heteroatoms. The van der Waals surface area contributed by atoms with Crippen molar-refractivity contribution >= 4 is 16.7 Å². The van der Waals surface area contributed by atoms with E-state index in [1.54, 1.807) is 26.1 Å². The highest BCUT2D eigenvalue weighted by atomic mass is 16.5. The Bertz CT molecular complexity index is 561. The van der Waals surface area contributed by atoms with Crippen LogP contribution < -0.4 is 4.74 Å². The summed E-state index contributed by atoms with van der Waals surface area (Å²) < 4.78 is 5.38. The smallest absolute Gasteiger partial charge is 0.257 e. The first kappa shape index (κ1) is 11.5. The molecule has 0 atom stereocenters. The number of rotatable bonds is 2. The number of amides is 1. The van der Waals surface area contributed by atoms with E-state index >= 15 is 0 Å². The second-order valence-corrected chi connectivity index (χ2v) is 4.07. The number of hydrogen-bond acceptors (Lipinski definition) is 2.